The Morgan fingerprint density at radius 2 is 1.74 bits per heavy atom. The topological polar surface area (TPSA) is 98.5 Å². The first-order valence-corrected chi connectivity index (χ1v) is 10.5. The molecule has 3 N–H and O–H groups in total. The number of carbonyl (C=O) groups is 1. The smallest absolute Gasteiger partial charge is 0.263 e. The summed E-state index contributed by atoms with van der Waals surface area (Å²) >= 11 is 5.93. The highest BCUT2D eigenvalue weighted by atomic mass is 35.5. The molecule has 0 heterocycles. The molecule has 162 valence electrons. The van der Waals surface area contributed by atoms with Gasteiger partial charge in [-0.1, -0.05) is 17.7 Å². The van der Waals surface area contributed by atoms with Gasteiger partial charge in [0, 0.05) is 11.3 Å². The lowest BCUT2D eigenvalue weighted by Gasteiger charge is -2.14. The van der Waals surface area contributed by atoms with E-state index in [1.165, 1.54) is 24.3 Å². The van der Waals surface area contributed by atoms with Gasteiger partial charge in [0.15, 0.2) is 0 Å². The number of amides is 1. The van der Waals surface area contributed by atoms with Crippen molar-refractivity contribution >= 4 is 33.2 Å². The summed E-state index contributed by atoms with van der Waals surface area (Å²) in [6.45, 7) is 0. The van der Waals surface area contributed by atoms with Gasteiger partial charge in [-0.2, -0.15) is 0 Å². The minimum atomic E-state index is -4.02. The standard InChI is InChI=1S/C20H14ClF3N2O4S/c21-16-9-12(22)5-7-18(16)30-17-6-4-11(19(23)24)8-15(17)20(27)26-13-2-1-3-14(10-13)31(25,28)29/h1-10,19H,(H,26,27)(H2,25,28,29). The number of benzene rings is 3. The van der Waals surface area contributed by atoms with E-state index in [4.69, 9.17) is 21.5 Å². The number of carbonyl (C=O) groups excluding carboxylic acids is 1. The molecule has 0 radical (unpaired) electrons. The van der Waals surface area contributed by atoms with Gasteiger partial charge in [0.25, 0.3) is 12.3 Å². The zero-order valence-electron chi connectivity index (χ0n) is 15.5. The molecule has 3 aromatic carbocycles. The van der Waals surface area contributed by atoms with Crippen molar-refractivity contribution in [2.45, 2.75) is 11.3 Å². The number of ether oxygens (including phenoxy) is 1. The first kappa shape index (κ1) is 22.6. The lowest BCUT2D eigenvalue weighted by Crippen LogP contribution is -2.15. The van der Waals surface area contributed by atoms with Gasteiger partial charge in [0.2, 0.25) is 10.0 Å². The molecule has 6 nitrogen and oxygen atoms in total. The fourth-order valence-electron chi connectivity index (χ4n) is 2.58. The normalized spacial score (nSPS) is 11.4. The second-order valence-corrected chi connectivity index (χ2v) is 8.23. The Labute approximate surface area is 180 Å². The van der Waals surface area contributed by atoms with Crippen LogP contribution in [0.15, 0.2) is 65.6 Å². The summed E-state index contributed by atoms with van der Waals surface area (Å²) in [5, 5.41) is 7.39. The van der Waals surface area contributed by atoms with E-state index in [-0.39, 0.29) is 32.7 Å². The fraction of sp³-hybridized carbons (Fsp3) is 0.0500. The summed E-state index contributed by atoms with van der Waals surface area (Å²) < 4.78 is 68.1. The second-order valence-electron chi connectivity index (χ2n) is 6.26. The number of alkyl halides is 2. The van der Waals surface area contributed by atoms with E-state index >= 15 is 0 Å². The highest BCUT2D eigenvalue weighted by molar-refractivity contribution is 7.89. The molecule has 0 spiro atoms. The van der Waals surface area contributed by atoms with Gasteiger partial charge in [0.1, 0.15) is 17.3 Å². The molecule has 0 fully saturated rings. The largest absolute Gasteiger partial charge is 0.455 e. The van der Waals surface area contributed by atoms with Crippen molar-refractivity contribution in [2.24, 2.45) is 5.14 Å². The van der Waals surface area contributed by atoms with Crippen LogP contribution in [-0.2, 0) is 10.0 Å². The quantitative estimate of drug-likeness (QED) is 0.523. The van der Waals surface area contributed by atoms with Crippen molar-refractivity contribution in [3.8, 4) is 11.5 Å². The Bertz CT molecular complexity index is 1250. The molecular formula is C20H14ClF3N2O4S. The van der Waals surface area contributed by atoms with Crippen molar-refractivity contribution in [2.75, 3.05) is 5.32 Å². The van der Waals surface area contributed by atoms with Crippen molar-refractivity contribution in [3.63, 3.8) is 0 Å². The summed E-state index contributed by atoms with van der Waals surface area (Å²) in [7, 11) is -4.02. The van der Waals surface area contributed by atoms with E-state index in [1.54, 1.807) is 0 Å². The van der Waals surface area contributed by atoms with Crippen LogP contribution in [0.3, 0.4) is 0 Å². The number of hydrogen-bond donors (Lipinski definition) is 2. The molecule has 0 bridgehead atoms. The molecule has 0 aliphatic rings. The first-order chi connectivity index (χ1) is 14.5. The monoisotopic (exact) mass is 470 g/mol. The van der Waals surface area contributed by atoms with Crippen LogP contribution < -0.4 is 15.2 Å². The third-order valence-electron chi connectivity index (χ3n) is 4.03. The third kappa shape index (κ3) is 5.54. The third-order valence-corrected chi connectivity index (χ3v) is 5.24. The van der Waals surface area contributed by atoms with Crippen LogP contribution in [0.2, 0.25) is 5.02 Å². The van der Waals surface area contributed by atoms with E-state index in [9.17, 15) is 26.4 Å². The molecule has 1 amide bonds. The molecule has 0 aliphatic carbocycles. The molecule has 3 rings (SSSR count). The maximum atomic E-state index is 13.3. The highest BCUT2D eigenvalue weighted by Crippen LogP contribution is 2.34. The van der Waals surface area contributed by atoms with E-state index in [0.29, 0.717) is 0 Å². The van der Waals surface area contributed by atoms with Gasteiger partial charge in [-0.15, -0.1) is 0 Å². The molecule has 0 aliphatic heterocycles. The number of sulfonamides is 1. The average Bonchev–Trinajstić information content (AvgIpc) is 2.69. The number of rotatable bonds is 6. The Morgan fingerprint density at radius 3 is 2.39 bits per heavy atom. The van der Waals surface area contributed by atoms with Crippen LogP contribution in [0.4, 0.5) is 18.9 Å². The molecule has 0 saturated carbocycles. The number of primary sulfonamides is 1. The Kier molecular flexibility index (Phi) is 6.54. The molecule has 0 aromatic heterocycles. The first-order valence-electron chi connectivity index (χ1n) is 8.54. The predicted octanol–water partition coefficient (Wildman–Crippen LogP) is 5.11. The fourth-order valence-corrected chi connectivity index (χ4v) is 3.34. The van der Waals surface area contributed by atoms with E-state index < -0.39 is 33.7 Å². The number of halogens is 4. The summed E-state index contributed by atoms with van der Waals surface area (Å²) in [5.41, 5.74) is -0.662. The lowest BCUT2D eigenvalue weighted by molar-refractivity contribution is 0.102. The molecule has 0 saturated heterocycles. The van der Waals surface area contributed by atoms with Gasteiger partial charge in [-0.25, -0.2) is 26.7 Å². The molecule has 0 unspecified atom stereocenters. The SMILES string of the molecule is NS(=O)(=O)c1cccc(NC(=O)c2cc(C(F)F)ccc2Oc2ccc(F)cc2Cl)c1. The summed E-state index contributed by atoms with van der Waals surface area (Å²) in [6, 6.07) is 11.5. The van der Waals surface area contributed by atoms with Gasteiger partial charge < -0.3 is 10.1 Å². The van der Waals surface area contributed by atoms with Crippen LogP contribution in [0.1, 0.15) is 22.3 Å². The minimum absolute atomic E-state index is 0.00173. The summed E-state index contributed by atoms with van der Waals surface area (Å²) in [4.78, 5) is 12.5. The molecule has 11 heteroatoms. The van der Waals surface area contributed by atoms with Crippen LogP contribution in [0, 0.1) is 5.82 Å². The Morgan fingerprint density at radius 1 is 1.03 bits per heavy atom. The van der Waals surface area contributed by atoms with E-state index in [2.05, 4.69) is 5.32 Å². The molecule has 0 atom stereocenters. The van der Waals surface area contributed by atoms with Crippen LogP contribution in [0.5, 0.6) is 11.5 Å². The second kappa shape index (κ2) is 8.96. The van der Waals surface area contributed by atoms with Crippen molar-refractivity contribution in [3.05, 3.63) is 82.6 Å². The average molecular weight is 471 g/mol. The molecular weight excluding hydrogens is 457 g/mol. The number of nitrogens with two attached hydrogens (primary N) is 1. The van der Waals surface area contributed by atoms with Gasteiger partial charge >= 0.3 is 0 Å². The lowest BCUT2D eigenvalue weighted by atomic mass is 10.1. The summed E-state index contributed by atoms with van der Waals surface area (Å²) in [5.74, 6) is -1.60. The zero-order chi connectivity index (χ0) is 22.8. The van der Waals surface area contributed by atoms with E-state index in [1.807, 2.05) is 0 Å². The van der Waals surface area contributed by atoms with Crippen LogP contribution in [0.25, 0.3) is 0 Å². The van der Waals surface area contributed by atoms with Gasteiger partial charge in [0.05, 0.1) is 15.5 Å². The summed E-state index contributed by atoms with van der Waals surface area (Å²) in [6.07, 6.45) is -2.86. The van der Waals surface area contributed by atoms with Gasteiger partial charge in [-0.05, 0) is 54.6 Å². The number of anilines is 1. The Balaban J connectivity index is 1.98. The van der Waals surface area contributed by atoms with E-state index in [0.717, 1.165) is 36.4 Å². The zero-order valence-corrected chi connectivity index (χ0v) is 17.1. The van der Waals surface area contributed by atoms with Crippen molar-refractivity contribution in [1.29, 1.82) is 0 Å². The Hall–Kier alpha value is -3.08. The maximum absolute atomic E-state index is 13.3. The number of hydrogen-bond acceptors (Lipinski definition) is 4. The van der Waals surface area contributed by atoms with Crippen LogP contribution >= 0.6 is 11.6 Å². The van der Waals surface area contributed by atoms with Crippen molar-refractivity contribution in [1.82, 2.24) is 0 Å². The minimum Gasteiger partial charge on any atom is -0.455 e. The van der Waals surface area contributed by atoms with Crippen molar-refractivity contribution < 1.29 is 31.1 Å². The number of nitrogens with one attached hydrogen (secondary N) is 1. The van der Waals surface area contributed by atoms with Crippen LogP contribution in [-0.4, -0.2) is 14.3 Å². The maximum Gasteiger partial charge on any atom is 0.263 e. The molecule has 31 heavy (non-hydrogen) atoms. The highest BCUT2D eigenvalue weighted by Gasteiger charge is 2.19. The van der Waals surface area contributed by atoms with Gasteiger partial charge in [-0.3, -0.25) is 4.79 Å². The predicted molar refractivity (Wildman–Crippen MR) is 109 cm³/mol. The molecule has 3 aromatic rings.